The van der Waals surface area contributed by atoms with E-state index in [1.807, 2.05) is 0 Å². The van der Waals surface area contributed by atoms with Crippen molar-refractivity contribution in [3.05, 3.63) is 84.2 Å². The minimum Gasteiger partial charge on any atom is -0.322 e. The predicted molar refractivity (Wildman–Crippen MR) is 106 cm³/mol. The molecule has 0 aliphatic heterocycles. The van der Waals surface area contributed by atoms with Crippen LogP contribution < -0.4 is 9.62 Å². The van der Waals surface area contributed by atoms with Gasteiger partial charge >= 0.3 is 0 Å². The normalized spacial score (nSPS) is 11.0. The summed E-state index contributed by atoms with van der Waals surface area (Å²) < 4.78 is 52.9. The molecule has 152 valence electrons. The average molecular weight is 429 g/mol. The molecular formula is C19H13F2N5O3S. The molecule has 11 heteroatoms. The van der Waals surface area contributed by atoms with Gasteiger partial charge in [-0.1, -0.05) is 18.2 Å². The number of amides is 1. The Morgan fingerprint density at radius 1 is 1.07 bits per heavy atom. The minimum atomic E-state index is -3.37. The molecule has 0 radical (unpaired) electrons. The number of benzene rings is 2. The van der Waals surface area contributed by atoms with Gasteiger partial charge in [0, 0.05) is 24.0 Å². The number of rotatable bonds is 5. The lowest BCUT2D eigenvalue weighted by molar-refractivity contribution is 0.102. The maximum absolute atomic E-state index is 14.2. The second kappa shape index (κ2) is 7.87. The lowest BCUT2D eigenvalue weighted by atomic mass is 10.2. The fourth-order valence-corrected chi connectivity index (χ4v) is 3.42. The van der Waals surface area contributed by atoms with Crippen LogP contribution in [0.2, 0.25) is 0 Å². The summed E-state index contributed by atoms with van der Waals surface area (Å²) in [5.74, 6) is -2.62. The smallest absolute Gasteiger partial charge is 0.261 e. The number of nitrogens with one attached hydrogen (secondary N) is 1. The van der Waals surface area contributed by atoms with Crippen molar-refractivity contribution >= 4 is 39.6 Å². The lowest BCUT2D eigenvalue weighted by Crippen LogP contribution is -2.18. The van der Waals surface area contributed by atoms with Crippen molar-refractivity contribution < 1.29 is 22.0 Å². The summed E-state index contributed by atoms with van der Waals surface area (Å²) in [5.41, 5.74) is 0.293. The van der Waals surface area contributed by atoms with Gasteiger partial charge in [0.25, 0.3) is 5.91 Å². The molecule has 30 heavy (non-hydrogen) atoms. The number of fused-ring (bicyclic) bond motifs is 1. The van der Waals surface area contributed by atoms with Crippen LogP contribution in [0.5, 0.6) is 0 Å². The van der Waals surface area contributed by atoms with Crippen molar-refractivity contribution in [3.8, 4) is 0 Å². The highest BCUT2D eigenvalue weighted by Gasteiger charge is 2.21. The van der Waals surface area contributed by atoms with Gasteiger partial charge in [-0.15, -0.1) is 0 Å². The van der Waals surface area contributed by atoms with E-state index in [4.69, 9.17) is 0 Å². The number of para-hydroxylation sites is 1. The number of hydrogen-bond donors (Lipinski definition) is 2. The number of nitrogens with zero attached hydrogens (tertiary/aromatic N) is 4. The highest BCUT2D eigenvalue weighted by molar-refractivity contribution is 7.74. The van der Waals surface area contributed by atoms with E-state index in [-0.39, 0.29) is 17.0 Å². The molecule has 2 heterocycles. The van der Waals surface area contributed by atoms with Crippen molar-refractivity contribution in [1.29, 1.82) is 0 Å². The molecule has 8 nitrogen and oxygen atoms in total. The molecule has 4 aromatic rings. The molecule has 1 N–H and O–H groups in total. The third-order valence-corrected chi connectivity index (χ3v) is 4.90. The molecule has 2 aromatic carbocycles. The van der Waals surface area contributed by atoms with Gasteiger partial charge in [0.05, 0.1) is 11.9 Å². The van der Waals surface area contributed by atoms with Crippen LogP contribution in [0.3, 0.4) is 0 Å². The Hall–Kier alpha value is -3.86. The molecule has 0 saturated heterocycles. The van der Waals surface area contributed by atoms with Gasteiger partial charge in [-0.3, -0.25) is 4.79 Å². The van der Waals surface area contributed by atoms with Gasteiger partial charge in [-0.05, 0) is 24.3 Å². The number of thiol groups is 1. The van der Waals surface area contributed by atoms with Crippen molar-refractivity contribution in [3.63, 3.8) is 0 Å². The monoisotopic (exact) mass is 429 g/mol. The standard InChI is InChI=1S/C19H13F2N5O3S/c20-12-6-7-16(15(21)10-12)26(30(28)29)17-8-9-25-18(24-17)14(11-22-25)19(27)23-13-4-2-1-3-5-13/h1-11,30H,(H,23,27). The first-order valence-electron chi connectivity index (χ1n) is 8.54. The Bertz CT molecular complexity index is 1320. The van der Waals surface area contributed by atoms with Crippen molar-refractivity contribution in [2.24, 2.45) is 0 Å². The summed E-state index contributed by atoms with van der Waals surface area (Å²) in [6, 6.07) is 12.5. The van der Waals surface area contributed by atoms with Crippen molar-refractivity contribution in [2.45, 2.75) is 0 Å². The van der Waals surface area contributed by atoms with Gasteiger partial charge in [0.1, 0.15) is 11.4 Å². The molecule has 0 bridgehead atoms. The van der Waals surface area contributed by atoms with Crippen LogP contribution in [0.25, 0.3) is 5.65 Å². The van der Waals surface area contributed by atoms with E-state index in [1.165, 1.54) is 23.0 Å². The summed E-state index contributed by atoms with van der Waals surface area (Å²) >= 11 is 0. The number of carbonyl (C=O) groups excluding carboxylic acids is 1. The Kier molecular flexibility index (Phi) is 5.11. The van der Waals surface area contributed by atoms with Crippen LogP contribution >= 0.6 is 0 Å². The summed E-state index contributed by atoms with van der Waals surface area (Å²) in [7, 11) is -3.37. The van der Waals surface area contributed by atoms with E-state index in [0.717, 1.165) is 12.1 Å². The second-order valence-electron chi connectivity index (χ2n) is 6.08. The lowest BCUT2D eigenvalue weighted by Gasteiger charge is -2.17. The number of halogens is 2. The maximum atomic E-state index is 14.2. The van der Waals surface area contributed by atoms with Gasteiger partial charge in [0.15, 0.2) is 17.3 Å². The zero-order chi connectivity index (χ0) is 21.3. The zero-order valence-corrected chi connectivity index (χ0v) is 16.0. The van der Waals surface area contributed by atoms with Gasteiger partial charge in [0.2, 0.25) is 10.9 Å². The Labute approximate surface area is 170 Å². The second-order valence-corrected chi connectivity index (χ2v) is 6.95. The van der Waals surface area contributed by atoms with E-state index in [0.29, 0.717) is 16.1 Å². The van der Waals surface area contributed by atoms with E-state index in [9.17, 15) is 22.0 Å². The SMILES string of the molecule is O=C(Nc1ccccc1)c1cnn2ccc(N(c3ccc(F)cc3F)[SH](=O)=O)nc12. The van der Waals surface area contributed by atoms with E-state index in [1.54, 1.807) is 30.3 Å². The third kappa shape index (κ3) is 3.70. The molecule has 0 atom stereocenters. The number of anilines is 3. The van der Waals surface area contributed by atoms with Crippen LogP contribution in [0.15, 0.2) is 67.0 Å². The van der Waals surface area contributed by atoms with Gasteiger partial charge in [-0.2, -0.15) is 5.10 Å². The quantitative estimate of drug-likeness (QED) is 0.476. The molecule has 1 amide bonds. The van der Waals surface area contributed by atoms with Crippen LogP contribution in [-0.2, 0) is 10.9 Å². The van der Waals surface area contributed by atoms with Gasteiger partial charge in [-0.25, -0.2) is 31.0 Å². The highest BCUT2D eigenvalue weighted by Crippen LogP contribution is 2.28. The summed E-state index contributed by atoms with van der Waals surface area (Å²) in [6.07, 6.45) is 2.66. The van der Waals surface area contributed by atoms with Gasteiger partial charge < -0.3 is 5.32 Å². The number of hydrogen-bond acceptors (Lipinski definition) is 5. The van der Waals surface area contributed by atoms with Crippen molar-refractivity contribution in [1.82, 2.24) is 14.6 Å². The molecule has 0 saturated carbocycles. The topological polar surface area (TPSA) is 96.7 Å². The molecular weight excluding hydrogens is 416 g/mol. The number of aromatic nitrogens is 3. The average Bonchev–Trinajstić information content (AvgIpc) is 3.14. The number of carbonyl (C=O) groups is 1. The fourth-order valence-electron chi connectivity index (χ4n) is 2.81. The van der Waals surface area contributed by atoms with Crippen LogP contribution in [-0.4, -0.2) is 28.9 Å². The highest BCUT2D eigenvalue weighted by atomic mass is 32.2. The molecule has 0 unspecified atom stereocenters. The Morgan fingerprint density at radius 3 is 2.53 bits per heavy atom. The first-order chi connectivity index (χ1) is 14.4. The van der Waals surface area contributed by atoms with Crippen molar-refractivity contribution in [2.75, 3.05) is 9.62 Å². The Balaban J connectivity index is 1.76. The van der Waals surface area contributed by atoms with Crippen LogP contribution in [0, 0.1) is 11.6 Å². The van der Waals surface area contributed by atoms with E-state index >= 15 is 0 Å². The molecule has 0 aliphatic rings. The first kappa shape index (κ1) is 19.5. The van der Waals surface area contributed by atoms with E-state index in [2.05, 4.69) is 15.4 Å². The van der Waals surface area contributed by atoms with Crippen LogP contribution in [0.4, 0.5) is 26.0 Å². The molecule has 0 spiro atoms. The fraction of sp³-hybridized carbons (Fsp3) is 0. The van der Waals surface area contributed by atoms with Crippen LogP contribution in [0.1, 0.15) is 10.4 Å². The predicted octanol–water partition coefficient (Wildman–Crippen LogP) is 2.92. The third-order valence-electron chi connectivity index (χ3n) is 4.15. The first-order valence-corrected chi connectivity index (χ1v) is 9.67. The van der Waals surface area contributed by atoms with E-state index < -0.39 is 34.1 Å². The summed E-state index contributed by atoms with van der Waals surface area (Å²) in [6.45, 7) is 0. The Morgan fingerprint density at radius 2 is 1.83 bits per heavy atom. The molecule has 4 rings (SSSR count). The summed E-state index contributed by atoms with van der Waals surface area (Å²) in [5, 5.41) is 6.72. The largest absolute Gasteiger partial charge is 0.322 e. The maximum Gasteiger partial charge on any atom is 0.261 e. The molecule has 0 fully saturated rings. The molecule has 0 aliphatic carbocycles. The zero-order valence-electron chi connectivity index (χ0n) is 15.1. The minimum absolute atomic E-state index is 0.0605. The molecule has 2 aromatic heterocycles. The summed E-state index contributed by atoms with van der Waals surface area (Å²) in [4.78, 5) is 16.8.